The number of ether oxygens (including phenoxy) is 1. The second-order valence-corrected chi connectivity index (χ2v) is 5.16. The van der Waals surface area contributed by atoms with Crippen molar-refractivity contribution in [2.24, 2.45) is 13.0 Å². The third-order valence-corrected chi connectivity index (χ3v) is 3.17. The van der Waals surface area contributed by atoms with Crippen LogP contribution in [-0.2, 0) is 13.5 Å². The first-order chi connectivity index (χ1) is 9.02. The monoisotopic (exact) mass is 259 g/mol. The highest BCUT2D eigenvalue weighted by molar-refractivity contribution is 5.69. The van der Waals surface area contributed by atoms with Gasteiger partial charge in [-0.1, -0.05) is 13.8 Å². The summed E-state index contributed by atoms with van der Waals surface area (Å²) >= 11 is 0. The number of aryl methyl sites for hydroxylation is 1. The summed E-state index contributed by atoms with van der Waals surface area (Å²) in [6.45, 7) is 4.37. The molecule has 102 valence electrons. The number of hydrogen-bond acceptors (Lipinski definition) is 3. The Balaban J connectivity index is 2.45. The molecular weight excluding hydrogens is 238 g/mol. The Hall–Kier alpha value is -1.97. The van der Waals surface area contributed by atoms with Crippen LogP contribution < -0.4 is 10.5 Å². The lowest BCUT2D eigenvalue weighted by Crippen LogP contribution is -2.02. The van der Waals surface area contributed by atoms with Crippen molar-refractivity contribution in [3.8, 4) is 17.0 Å². The van der Waals surface area contributed by atoms with E-state index in [1.54, 1.807) is 11.8 Å². The van der Waals surface area contributed by atoms with Gasteiger partial charge in [0.15, 0.2) is 0 Å². The summed E-state index contributed by atoms with van der Waals surface area (Å²) in [5.41, 5.74) is 9.29. The van der Waals surface area contributed by atoms with Crippen LogP contribution in [0.5, 0.6) is 5.75 Å². The Bertz CT molecular complexity index is 556. The Kier molecular flexibility index (Phi) is 3.79. The quantitative estimate of drug-likeness (QED) is 0.918. The lowest BCUT2D eigenvalue weighted by Gasteiger charge is -2.07. The fraction of sp³-hybridized carbons (Fsp3) is 0.400. The normalized spacial score (nSPS) is 11.0. The highest BCUT2D eigenvalue weighted by Gasteiger charge is 2.16. The molecular formula is C15H21N3O. The van der Waals surface area contributed by atoms with Crippen LogP contribution in [0.3, 0.4) is 0 Å². The number of hydrogen-bond donors (Lipinski definition) is 1. The van der Waals surface area contributed by atoms with Gasteiger partial charge in [0, 0.05) is 18.2 Å². The van der Waals surface area contributed by atoms with Crippen molar-refractivity contribution < 1.29 is 4.74 Å². The predicted molar refractivity (Wildman–Crippen MR) is 78.2 cm³/mol. The van der Waals surface area contributed by atoms with Crippen molar-refractivity contribution in [3.63, 3.8) is 0 Å². The molecule has 2 aromatic rings. The van der Waals surface area contributed by atoms with Crippen LogP contribution in [0.4, 0.5) is 5.82 Å². The van der Waals surface area contributed by atoms with Crippen molar-refractivity contribution in [2.45, 2.75) is 20.3 Å². The fourth-order valence-corrected chi connectivity index (χ4v) is 2.17. The summed E-state index contributed by atoms with van der Waals surface area (Å²) in [5, 5.41) is 4.54. The Morgan fingerprint density at radius 3 is 2.42 bits per heavy atom. The van der Waals surface area contributed by atoms with Gasteiger partial charge < -0.3 is 10.5 Å². The molecule has 2 rings (SSSR count). The largest absolute Gasteiger partial charge is 0.497 e. The minimum atomic E-state index is 0.545. The maximum atomic E-state index is 6.12. The third kappa shape index (κ3) is 2.72. The first kappa shape index (κ1) is 13.5. The van der Waals surface area contributed by atoms with Gasteiger partial charge >= 0.3 is 0 Å². The average Bonchev–Trinajstić information content (AvgIpc) is 2.67. The molecule has 0 saturated carbocycles. The molecule has 2 N–H and O–H groups in total. The van der Waals surface area contributed by atoms with E-state index in [4.69, 9.17) is 10.5 Å². The van der Waals surface area contributed by atoms with Crippen molar-refractivity contribution in [2.75, 3.05) is 12.8 Å². The van der Waals surface area contributed by atoms with E-state index < -0.39 is 0 Å². The van der Waals surface area contributed by atoms with E-state index in [-0.39, 0.29) is 0 Å². The molecule has 4 heteroatoms. The van der Waals surface area contributed by atoms with Crippen LogP contribution >= 0.6 is 0 Å². The Morgan fingerprint density at radius 1 is 1.26 bits per heavy atom. The number of nitrogens with two attached hydrogens (primary N) is 1. The van der Waals surface area contributed by atoms with Gasteiger partial charge in [0.25, 0.3) is 0 Å². The van der Waals surface area contributed by atoms with Crippen molar-refractivity contribution >= 4 is 5.82 Å². The summed E-state index contributed by atoms with van der Waals surface area (Å²) < 4.78 is 6.93. The van der Waals surface area contributed by atoms with Gasteiger partial charge in [0.05, 0.1) is 12.8 Å². The molecule has 1 aromatic heterocycles. The number of nitrogen functional groups attached to an aromatic ring is 1. The van der Waals surface area contributed by atoms with Crippen LogP contribution in [0, 0.1) is 5.92 Å². The van der Waals surface area contributed by atoms with Crippen LogP contribution in [0.25, 0.3) is 11.3 Å². The fourth-order valence-electron chi connectivity index (χ4n) is 2.17. The molecule has 0 aliphatic carbocycles. The molecule has 0 aliphatic heterocycles. The third-order valence-electron chi connectivity index (χ3n) is 3.17. The minimum Gasteiger partial charge on any atom is -0.497 e. The molecule has 0 bridgehead atoms. The summed E-state index contributed by atoms with van der Waals surface area (Å²) in [6.07, 6.45) is 0.932. The highest BCUT2D eigenvalue weighted by atomic mass is 16.5. The van der Waals surface area contributed by atoms with Gasteiger partial charge in [-0.2, -0.15) is 5.10 Å². The van der Waals surface area contributed by atoms with Gasteiger partial charge in [-0.25, -0.2) is 0 Å². The molecule has 0 atom stereocenters. The maximum Gasteiger partial charge on any atom is 0.125 e. The second kappa shape index (κ2) is 5.34. The molecule has 1 heterocycles. The van der Waals surface area contributed by atoms with Gasteiger partial charge in [-0.15, -0.1) is 0 Å². The van der Waals surface area contributed by atoms with Crippen molar-refractivity contribution in [1.82, 2.24) is 9.78 Å². The summed E-state index contributed by atoms with van der Waals surface area (Å²) in [4.78, 5) is 0. The van der Waals surface area contributed by atoms with E-state index in [1.165, 1.54) is 0 Å². The number of anilines is 1. The predicted octanol–water partition coefficient (Wildman–Crippen LogP) is 2.88. The molecule has 0 radical (unpaired) electrons. The number of aromatic nitrogens is 2. The SMILES string of the molecule is COc1ccc(-c2nn(C)c(N)c2CC(C)C)cc1. The summed E-state index contributed by atoms with van der Waals surface area (Å²) in [6, 6.07) is 7.92. The van der Waals surface area contributed by atoms with Crippen LogP contribution in [0.2, 0.25) is 0 Å². The average molecular weight is 259 g/mol. The summed E-state index contributed by atoms with van der Waals surface area (Å²) in [7, 11) is 3.55. The number of nitrogens with zero attached hydrogens (tertiary/aromatic N) is 2. The molecule has 1 aromatic carbocycles. The van der Waals surface area contributed by atoms with E-state index in [0.29, 0.717) is 5.92 Å². The zero-order chi connectivity index (χ0) is 14.0. The molecule has 4 nitrogen and oxygen atoms in total. The van der Waals surface area contributed by atoms with E-state index >= 15 is 0 Å². The van der Waals surface area contributed by atoms with E-state index in [2.05, 4.69) is 18.9 Å². The van der Waals surface area contributed by atoms with Gasteiger partial charge in [-0.05, 0) is 36.6 Å². The van der Waals surface area contributed by atoms with Crippen molar-refractivity contribution in [3.05, 3.63) is 29.8 Å². The topological polar surface area (TPSA) is 53.1 Å². The zero-order valence-electron chi connectivity index (χ0n) is 12.0. The molecule has 0 aliphatic rings. The van der Waals surface area contributed by atoms with E-state index in [0.717, 1.165) is 34.8 Å². The smallest absolute Gasteiger partial charge is 0.125 e. The van der Waals surface area contributed by atoms with Crippen LogP contribution in [0.1, 0.15) is 19.4 Å². The van der Waals surface area contributed by atoms with E-state index in [9.17, 15) is 0 Å². The lowest BCUT2D eigenvalue weighted by molar-refractivity contribution is 0.415. The zero-order valence-corrected chi connectivity index (χ0v) is 12.0. The summed E-state index contributed by atoms with van der Waals surface area (Å²) in [5.74, 6) is 2.14. The molecule has 19 heavy (non-hydrogen) atoms. The van der Waals surface area contributed by atoms with Gasteiger partial charge in [0.1, 0.15) is 11.6 Å². The standard InChI is InChI=1S/C15H21N3O/c1-10(2)9-13-14(17-18(3)15(13)16)11-5-7-12(19-4)8-6-11/h5-8,10H,9,16H2,1-4H3. The molecule has 0 spiro atoms. The highest BCUT2D eigenvalue weighted by Crippen LogP contribution is 2.29. The first-order valence-corrected chi connectivity index (χ1v) is 6.48. The van der Waals surface area contributed by atoms with E-state index in [1.807, 2.05) is 31.3 Å². The number of methoxy groups -OCH3 is 1. The van der Waals surface area contributed by atoms with Crippen LogP contribution in [-0.4, -0.2) is 16.9 Å². The lowest BCUT2D eigenvalue weighted by atomic mass is 9.99. The number of rotatable bonds is 4. The first-order valence-electron chi connectivity index (χ1n) is 6.48. The molecule has 0 saturated heterocycles. The molecule has 0 amide bonds. The maximum absolute atomic E-state index is 6.12. The van der Waals surface area contributed by atoms with Gasteiger partial charge in [0.2, 0.25) is 0 Å². The minimum absolute atomic E-state index is 0.545. The van der Waals surface area contributed by atoms with Gasteiger partial charge in [-0.3, -0.25) is 4.68 Å². The Morgan fingerprint density at radius 2 is 1.89 bits per heavy atom. The Labute approximate surface area is 114 Å². The van der Waals surface area contributed by atoms with Crippen LogP contribution in [0.15, 0.2) is 24.3 Å². The molecule has 0 unspecified atom stereocenters. The number of benzene rings is 1. The molecule has 0 fully saturated rings. The second-order valence-electron chi connectivity index (χ2n) is 5.16. The van der Waals surface area contributed by atoms with Crippen molar-refractivity contribution in [1.29, 1.82) is 0 Å².